The molecule has 28 heavy (non-hydrogen) atoms. The Morgan fingerprint density at radius 1 is 0.786 bits per heavy atom. The first-order valence-electron chi connectivity index (χ1n) is 8.55. The van der Waals surface area contributed by atoms with E-state index < -0.39 is 0 Å². The molecule has 0 aliphatic heterocycles. The number of para-hydroxylation sites is 2. The maximum absolute atomic E-state index is 9.48. The highest BCUT2D eigenvalue weighted by atomic mass is 15.3. The number of aromatic nitrogens is 4. The van der Waals surface area contributed by atoms with Crippen LogP contribution in [-0.4, -0.2) is 19.6 Å². The van der Waals surface area contributed by atoms with Crippen molar-refractivity contribution in [3.8, 4) is 17.4 Å². The van der Waals surface area contributed by atoms with Crippen LogP contribution in [0.15, 0.2) is 90.9 Å². The molecule has 0 saturated heterocycles. The Bertz CT molecular complexity index is 1120. The first-order valence-corrected chi connectivity index (χ1v) is 8.55. The maximum atomic E-state index is 9.48. The van der Waals surface area contributed by atoms with Crippen LogP contribution in [0.1, 0.15) is 11.4 Å². The van der Waals surface area contributed by atoms with Crippen LogP contribution in [0.3, 0.4) is 0 Å². The van der Waals surface area contributed by atoms with Crippen molar-refractivity contribution in [3.05, 3.63) is 114 Å². The highest BCUT2D eigenvalue weighted by molar-refractivity contribution is 5.82. The van der Waals surface area contributed by atoms with Gasteiger partial charge in [-0.25, -0.2) is 19.5 Å². The minimum absolute atomic E-state index is 0.0448. The Morgan fingerprint density at radius 3 is 1.64 bits per heavy atom. The molecule has 0 spiro atoms. The van der Waals surface area contributed by atoms with E-state index in [1.807, 2.05) is 66.7 Å². The van der Waals surface area contributed by atoms with Gasteiger partial charge in [0.2, 0.25) is 0 Å². The molecular weight excluding hydrogens is 348 g/mol. The summed E-state index contributed by atoms with van der Waals surface area (Å²) >= 11 is 0. The average molecular weight is 362 g/mol. The van der Waals surface area contributed by atoms with Crippen LogP contribution in [0.25, 0.3) is 21.8 Å². The average Bonchev–Trinajstić information content (AvgIpc) is 3.43. The van der Waals surface area contributed by atoms with E-state index in [2.05, 4.69) is 15.0 Å². The largest absolute Gasteiger partial charge is 0.273 e. The lowest BCUT2D eigenvalue weighted by Gasteiger charge is -2.04. The molecule has 0 bridgehead atoms. The molecule has 0 N–H and O–H groups in total. The number of allylic oxidation sites excluding steroid dienone is 1. The van der Waals surface area contributed by atoms with Crippen molar-refractivity contribution >= 4 is 5.57 Å². The van der Waals surface area contributed by atoms with Crippen molar-refractivity contribution < 1.29 is 0 Å². The van der Waals surface area contributed by atoms with Crippen molar-refractivity contribution in [2.75, 3.05) is 0 Å². The monoisotopic (exact) mass is 362 g/mol. The van der Waals surface area contributed by atoms with Crippen LogP contribution in [0.4, 0.5) is 0 Å². The Balaban J connectivity index is 1.80. The molecule has 2 heterocycles. The highest BCUT2D eigenvalue weighted by Crippen LogP contribution is 2.26. The second-order valence-electron chi connectivity index (χ2n) is 5.91. The molecule has 6 heteroatoms. The Morgan fingerprint density at radius 2 is 1.25 bits per heavy atom. The first-order chi connectivity index (χ1) is 13.8. The Labute approximate surface area is 162 Å². The number of hydrogen-bond donors (Lipinski definition) is 0. The molecule has 132 valence electrons. The van der Waals surface area contributed by atoms with Crippen molar-refractivity contribution in [1.82, 2.24) is 19.6 Å². The quantitative estimate of drug-likeness (QED) is 0.402. The van der Waals surface area contributed by atoms with Crippen LogP contribution in [-0.2, 0) is 0 Å². The number of nitrogens with zero attached hydrogens (tertiary/aromatic N) is 6. The molecule has 4 aromatic rings. The minimum atomic E-state index is -0.0448. The molecular formula is C22H14N6. The van der Waals surface area contributed by atoms with Crippen LogP contribution < -0.4 is 0 Å². The van der Waals surface area contributed by atoms with Gasteiger partial charge in [-0.1, -0.05) is 36.4 Å². The molecule has 0 unspecified atom stereocenters. The molecule has 0 amide bonds. The standard InChI is InChI=1S/C22H14N6/c1-24-21(16-23)22(19-12-14-27(25-19)17-8-4-2-5-9-17)20-13-15-28(26-20)18-10-6-3-7-11-18/h2-15H. The molecule has 0 fully saturated rings. The summed E-state index contributed by atoms with van der Waals surface area (Å²) in [7, 11) is 0. The maximum Gasteiger partial charge on any atom is 0.273 e. The van der Waals surface area contributed by atoms with Gasteiger partial charge in [0, 0.05) is 18.0 Å². The summed E-state index contributed by atoms with van der Waals surface area (Å²) in [6.45, 7) is 7.41. The molecule has 0 aliphatic rings. The van der Waals surface area contributed by atoms with Gasteiger partial charge in [-0.3, -0.25) is 0 Å². The summed E-state index contributed by atoms with van der Waals surface area (Å²) in [5.41, 5.74) is 3.20. The SMILES string of the molecule is [C-]#[N+]C(C#N)=C(c1ccn(-c2ccccc2)n1)c1ccn(-c2ccccc2)n1. The molecule has 0 aliphatic carbocycles. The van der Waals surface area contributed by atoms with Gasteiger partial charge in [0.15, 0.2) is 0 Å². The predicted molar refractivity (Wildman–Crippen MR) is 105 cm³/mol. The zero-order chi connectivity index (χ0) is 19.3. The molecule has 2 aromatic carbocycles. The normalized spacial score (nSPS) is 10.1. The smallest absolute Gasteiger partial charge is 0.240 e. The second kappa shape index (κ2) is 7.45. The topological polar surface area (TPSA) is 63.8 Å². The summed E-state index contributed by atoms with van der Waals surface area (Å²) in [5.74, 6) is 0. The fraction of sp³-hybridized carbons (Fsp3) is 0. The lowest BCUT2D eigenvalue weighted by molar-refractivity contribution is 0.862. The van der Waals surface area contributed by atoms with Gasteiger partial charge in [0.1, 0.15) is 0 Å². The van der Waals surface area contributed by atoms with E-state index in [1.165, 1.54) is 0 Å². The van der Waals surface area contributed by atoms with Crippen molar-refractivity contribution in [2.45, 2.75) is 0 Å². The molecule has 2 aromatic heterocycles. The Hall–Kier alpha value is -4.42. The van der Waals surface area contributed by atoms with Gasteiger partial charge >= 0.3 is 0 Å². The van der Waals surface area contributed by atoms with Gasteiger partial charge in [0.25, 0.3) is 5.70 Å². The van der Waals surface area contributed by atoms with Crippen LogP contribution in [0, 0.1) is 17.9 Å². The van der Waals surface area contributed by atoms with Gasteiger partial charge < -0.3 is 0 Å². The predicted octanol–water partition coefficient (Wildman–Crippen LogP) is 4.26. The Kier molecular flexibility index (Phi) is 4.53. The van der Waals surface area contributed by atoms with Gasteiger partial charge in [-0.05, 0) is 36.4 Å². The van der Waals surface area contributed by atoms with Gasteiger partial charge in [-0.2, -0.15) is 10.2 Å². The van der Waals surface area contributed by atoms with E-state index in [0.717, 1.165) is 11.4 Å². The molecule has 0 atom stereocenters. The zero-order valence-electron chi connectivity index (χ0n) is 14.8. The number of rotatable bonds is 4. The van der Waals surface area contributed by atoms with E-state index in [4.69, 9.17) is 6.57 Å². The molecule has 0 saturated carbocycles. The van der Waals surface area contributed by atoms with Gasteiger partial charge in [-0.15, -0.1) is 0 Å². The van der Waals surface area contributed by atoms with E-state index >= 15 is 0 Å². The molecule has 6 nitrogen and oxygen atoms in total. The fourth-order valence-electron chi connectivity index (χ4n) is 2.87. The molecule has 0 radical (unpaired) electrons. The zero-order valence-corrected chi connectivity index (χ0v) is 14.8. The van der Waals surface area contributed by atoms with Crippen molar-refractivity contribution in [3.63, 3.8) is 0 Å². The fourth-order valence-corrected chi connectivity index (χ4v) is 2.87. The second-order valence-corrected chi connectivity index (χ2v) is 5.91. The van der Waals surface area contributed by atoms with Crippen LogP contribution in [0.2, 0.25) is 0 Å². The lowest BCUT2D eigenvalue weighted by atomic mass is 10.1. The minimum Gasteiger partial charge on any atom is -0.240 e. The lowest BCUT2D eigenvalue weighted by Crippen LogP contribution is -2.00. The number of hydrogen-bond acceptors (Lipinski definition) is 3. The summed E-state index contributed by atoms with van der Waals surface area (Å²) in [5, 5.41) is 18.6. The van der Waals surface area contributed by atoms with Gasteiger partial charge in [0.05, 0.1) is 35.4 Å². The first kappa shape index (κ1) is 17.0. The van der Waals surface area contributed by atoms with E-state index in [1.54, 1.807) is 33.9 Å². The van der Waals surface area contributed by atoms with Crippen molar-refractivity contribution in [2.24, 2.45) is 0 Å². The number of nitriles is 1. The molecule has 4 rings (SSSR count). The summed E-state index contributed by atoms with van der Waals surface area (Å²) in [6.07, 6.45) is 3.61. The van der Waals surface area contributed by atoms with Crippen LogP contribution in [0.5, 0.6) is 0 Å². The van der Waals surface area contributed by atoms with E-state index in [0.29, 0.717) is 17.0 Å². The summed E-state index contributed by atoms with van der Waals surface area (Å²) < 4.78 is 3.42. The third-order valence-electron chi connectivity index (χ3n) is 4.19. The third kappa shape index (κ3) is 3.18. The van der Waals surface area contributed by atoms with E-state index in [9.17, 15) is 5.26 Å². The van der Waals surface area contributed by atoms with E-state index in [-0.39, 0.29) is 5.70 Å². The third-order valence-corrected chi connectivity index (χ3v) is 4.19. The van der Waals surface area contributed by atoms with Crippen molar-refractivity contribution in [1.29, 1.82) is 5.26 Å². The number of benzene rings is 2. The summed E-state index contributed by atoms with van der Waals surface area (Å²) in [6, 6.07) is 24.8. The van der Waals surface area contributed by atoms with Crippen LogP contribution >= 0.6 is 0 Å². The highest BCUT2D eigenvalue weighted by Gasteiger charge is 2.18. The summed E-state index contributed by atoms with van der Waals surface area (Å²) in [4.78, 5) is 3.39.